The van der Waals surface area contributed by atoms with Gasteiger partial charge in [-0.25, -0.2) is 0 Å². The first-order chi connectivity index (χ1) is 14.2. The van der Waals surface area contributed by atoms with Crippen molar-refractivity contribution >= 4 is 11.7 Å². The molecular weight excluding hydrogens is 374 g/mol. The van der Waals surface area contributed by atoms with Crippen molar-refractivity contribution in [2.75, 3.05) is 39.4 Å². The molecule has 0 spiro atoms. The number of aliphatic hydroxyl groups excluding tert-OH is 1. The number of ether oxygens (including phenoxy) is 1. The number of aromatic nitrogens is 1. The number of rotatable bonds is 7. The van der Waals surface area contributed by atoms with Gasteiger partial charge in [0.05, 0.1) is 37.3 Å². The molecular formula is C21H24N3O5+. The molecule has 0 aromatic carbocycles. The van der Waals surface area contributed by atoms with Crippen molar-refractivity contribution in [1.29, 1.82) is 0 Å². The second kappa shape index (κ2) is 8.59. The molecule has 29 heavy (non-hydrogen) atoms. The SMILES string of the molecule is O=C(C1=C(O)C(=O)N(CCC[NH+]2CCOCC2)[C@@H]1c1ccccn1)c1ccco1. The zero-order valence-corrected chi connectivity index (χ0v) is 16.0. The van der Waals surface area contributed by atoms with E-state index in [1.807, 2.05) is 0 Å². The summed E-state index contributed by atoms with van der Waals surface area (Å²) < 4.78 is 10.6. The van der Waals surface area contributed by atoms with Crippen LogP contribution in [-0.4, -0.2) is 66.1 Å². The van der Waals surface area contributed by atoms with E-state index in [4.69, 9.17) is 9.15 Å². The Balaban J connectivity index is 1.57. The molecule has 0 radical (unpaired) electrons. The average Bonchev–Trinajstić information content (AvgIpc) is 3.38. The van der Waals surface area contributed by atoms with Gasteiger partial charge in [-0.2, -0.15) is 0 Å². The van der Waals surface area contributed by atoms with Crippen molar-refractivity contribution < 1.29 is 28.7 Å². The van der Waals surface area contributed by atoms with Crippen LogP contribution in [0.5, 0.6) is 0 Å². The Morgan fingerprint density at radius 1 is 1.24 bits per heavy atom. The molecule has 0 saturated carbocycles. The van der Waals surface area contributed by atoms with E-state index >= 15 is 0 Å². The zero-order valence-electron chi connectivity index (χ0n) is 16.0. The first-order valence-electron chi connectivity index (χ1n) is 9.81. The van der Waals surface area contributed by atoms with Gasteiger partial charge in [0.2, 0.25) is 5.78 Å². The highest BCUT2D eigenvalue weighted by Crippen LogP contribution is 2.38. The minimum absolute atomic E-state index is 0.0161. The molecule has 0 bridgehead atoms. The molecule has 2 aliphatic rings. The van der Waals surface area contributed by atoms with Crippen LogP contribution in [0.2, 0.25) is 0 Å². The number of Topliss-reactive ketones (excluding diaryl/α,β-unsaturated/α-hetero) is 1. The summed E-state index contributed by atoms with van der Waals surface area (Å²) >= 11 is 0. The summed E-state index contributed by atoms with van der Waals surface area (Å²) in [5, 5.41) is 10.6. The van der Waals surface area contributed by atoms with Gasteiger partial charge in [-0.3, -0.25) is 14.6 Å². The predicted octanol–water partition coefficient (Wildman–Crippen LogP) is 0.558. The number of morpholine rings is 1. The van der Waals surface area contributed by atoms with Gasteiger partial charge < -0.3 is 24.1 Å². The number of hydrogen-bond acceptors (Lipinski definition) is 6. The monoisotopic (exact) mass is 398 g/mol. The standard InChI is InChI=1S/C21H23N3O5/c25-19(16-6-3-12-29-16)17-18(15-5-1-2-7-22-15)24(21(27)20(17)26)9-4-8-23-10-13-28-14-11-23/h1-3,5-7,12,18,26H,4,8-11,13-14H2/p+1/t18-/m1/s1. The summed E-state index contributed by atoms with van der Waals surface area (Å²) in [5.74, 6) is -1.49. The molecule has 4 heterocycles. The Morgan fingerprint density at radius 2 is 2.07 bits per heavy atom. The van der Waals surface area contributed by atoms with Crippen LogP contribution in [0.3, 0.4) is 0 Å². The number of amides is 1. The molecule has 1 amide bonds. The van der Waals surface area contributed by atoms with Crippen molar-refractivity contribution in [2.24, 2.45) is 0 Å². The number of aliphatic hydroxyl groups is 1. The molecule has 2 aromatic heterocycles. The van der Waals surface area contributed by atoms with Crippen molar-refractivity contribution in [2.45, 2.75) is 12.5 Å². The number of hydrogen-bond donors (Lipinski definition) is 2. The molecule has 1 fully saturated rings. The number of nitrogens with one attached hydrogen (secondary N) is 1. The average molecular weight is 398 g/mol. The molecule has 1 saturated heterocycles. The highest BCUT2D eigenvalue weighted by molar-refractivity contribution is 6.14. The molecule has 2 aliphatic heterocycles. The summed E-state index contributed by atoms with van der Waals surface area (Å²) in [6.45, 7) is 4.71. The molecule has 1 atom stereocenters. The Hall–Kier alpha value is -2.97. The fourth-order valence-electron chi connectivity index (χ4n) is 3.91. The lowest BCUT2D eigenvalue weighted by Gasteiger charge is -2.28. The van der Waals surface area contributed by atoms with E-state index < -0.39 is 23.5 Å². The van der Waals surface area contributed by atoms with E-state index in [9.17, 15) is 14.7 Å². The number of nitrogens with zero attached hydrogens (tertiary/aromatic N) is 2. The van der Waals surface area contributed by atoms with Crippen LogP contribution >= 0.6 is 0 Å². The van der Waals surface area contributed by atoms with E-state index in [-0.39, 0.29) is 11.3 Å². The van der Waals surface area contributed by atoms with Crippen molar-refractivity contribution in [1.82, 2.24) is 9.88 Å². The number of pyridine rings is 1. The normalized spacial score (nSPS) is 20.5. The Labute approximate surface area is 168 Å². The zero-order chi connectivity index (χ0) is 20.2. The van der Waals surface area contributed by atoms with Crippen LogP contribution in [-0.2, 0) is 9.53 Å². The third kappa shape index (κ3) is 3.94. The summed E-state index contributed by atoms with van der Waals surface area (Å²) in [6.07, 6.45) is 3.75. The van der Waals surface area contributed by atoms with Crippen LogP contribution in [0.25, 0.3) is 0 Å². The lowest BCUT2D eigenvalue weighted by molar-refractivity contribution is -0.908. The van der Waals surface area contributed by atoms with E-state index in [0.717, 1.165) is 39.3 Å². The van der Waals surface area contributed by atoms with E-state index in [1.165, 1.54) is 22.1 Å². The predicted molar refractivity (Wildman–Crippen MR) is 102 cm³/mol. The minimum Gasteiger partial charge on any atom is -0.503 e. The second-order valence-electron chi connectivity index (χ2n) is 7.19. The topological polar surface area (TPSA) is 97.3 Å². The van der Waals surface area contributed by atoms with Gasteiger partial charge in [-0.1, -0.05) is 6.07 Å². The molecule has 0 unspecified atom stereocenters. The van der Waals surface area contributed by atoms with Crippen LogP contribution in [0.15, 0.2) is 58.5 Å². The first-order valence-corrected chi connectivity index (χ1v) is 9.81. The number of carbonyl (C=O) groups is 2. The van der Waals surface area contributed by atoms with Gasteiger partial charge >= 0.3 is 0 Å². The number of ketones is 1. The third-order valence-corrected chi connectivity index (χ3v) is 5.39. The third-order valence-electron chi connectivity index (χ3n) is 5.39. The maximum Gasteiger partial charge on any atom is 0.290 e. The smallest absolute Gasteiger partial charge is 0.290 e. The number of furan rings is 1. The number of carbonyl (C=O) groups excluding carboxylic acids is 2. The Kier molecular flexibility index (Phi) is 5.73. The molecule has 152 valence electrons. The summed E-state index contributed by atoms with van der Waals surface area (Å²) in [6, 6.07) is 7.71. The fraction of sp³-hybridized carbons (Fsp3) is 0.381. The summed E-state index contributed by atoms with van der Waals surface area (Å²) in [5.41, 5.74) is 0.556. The van der Waals surface area contributed by atoms with Crippen molar-refractivity contribution in [3.8, 4) is 0 Å². The summed E-state index contributed by atoms with van der Waals surface area (Å²) in [7, 11) is 0. The van der Waals surface area contributed by atoms with Gasteiger partial charge in [-0.15, -0.1) is 0 Å². The molecule has 0 aliphatic carbocycles. The highest BCUT2D eigenvalue weighted by Gasteiger charge is 2.44. The second-order valence-corrected chi connectivity index (χ2v) is 7.19. The molecule has 2 N–H and O–H groups in total. The van der Waals surface area contributed by atoms with Crippen molar-refractivity contribution in [3.63, 3.8) is 0 Å². The molecule has 8 nitrogen and oxygen atoms in total. The minimum atomic E-state index is -0.735. The van der Waals surface area contributed by atoms with E-state index in [1.54, 1.807) is 30.5 Å². The van der Waals surface area contributed by atoms with Crippen molar-refractivity contribution in [3.05, 3.63) is 65.6 Å². The largest absolute Gasteiger partial charge is 0.503 e. The van der Waals surface area contributed by atoms with Crippen LogP contribution in [0.4, 0.5) is 0 Å². The van der Waals surface area contributed by atoms with Crippen LogP contribution in [0.1, 0.15) is 28.7 Å². The molecule has 4 rings (SSSR count). The van der Waals surface area contributed by atoms with Gasteiger partial charge in [0, 0.05) is 19.2 Å². The lowest BCUT2D eigenvalue weighted by atomic mass is 9.98. The van der Waals surface area contributed by atoms with E-state index in [2.05, 4.69) is 4.98 Å². The summed E-state index contributed by atoms with van der Waals surface area (Å²) in [4.78, 5) is 33.1. The maximum absolute atomic E-state index is 13.0. The number of quaternary nitrogens is 1. The van der Waals surface area contributed by atoms with Crippen LogP contribution in [0, 0.1) is 0 Å². The molecule has 2 aromatic rings. The van der Waals surface area contributed by atoms with Crippen LogP contribution < -0.4 is 4.90 Å². The lowest BCUT2D eigenvalue weighted by Crippen LogP contribution is -3.14. The first kappa shape index (κ1) is 19.4. The highest BCUT2D eigenvalue weighted by atomic mass is 16.5. The molecule has 8 heteroatoms. The van der Waals surface area contributed by atoms with E-state index in [0.29, 0.717) is 12.2 Å². The van der Waals surface area contributed by atoms with Gasteiger partial charge in [0.15, 0.2) is 11.5 Å². The maximum atomic E-state index is 13.0. The fourth-order valence-corrected chi connectivity index (χ4v) is 3.91. The van der Waals surface area contributed by atoms with Gasteiger partial charge in [0.1, 0.15) is 19.1 Å². The quantitative estimate of drug-likeness (QED) is 0.662. The van der Waals surface area contributed by atoms with Gasteiger partial charge in [0.25, 0.3) is 5.91 Å². The van der Waals surface area contributed by atoms with Gasteiger partial charge in [-0.05, 0) is 24.3 Å². The Bertz CT molecular complexity index is 888. The Morgan fingerprint density at radius 3 is 2.76 bits per heavy atom.